The average molecular weight is 237 g/mol. The van der Waals surface area contributed by atoms with Gasteiger partial charge in [-0.15, -0.1) is 0 Å². The second-order valence-corrected chi connectivity index (χ2v) is 4.08. The Morgan fingerprint density at radius 2 is 1.39 bits per heavy atom. The van der Waals surface area contributed by atoms with Crippen LogP contribution in [0.1, 0.15) is 23.1 Å². The maximum absolute atomic E-state index is 9.41. The predicted octanol–water partition coefficient (Wildman–Crippen LogP) is 3.68. The Bertz CT molecular complexity index is 516. The Hall–Kier alpha value is -2.11. The molecule has 0 spiro atoms. The molecule has 0 aliphatic carbocycles. The van der Waals surface area contributed by atoms with Gasteiger partial charge in [-0.1, -0.05) is 60.7 Å². The minimum Gasteiger partial charge on any atom is -0.375 e. The molecule has 2 nitrogen and oxygen atoms in total. The lowest BCUT2D eigenvalue weighted by Crippen LogP contribution is -2.11. The number of methoxy groups -OCH3 is 1. The first-order valence-electron chi connectivity index (χ1n) is 5.89. The normalized spacial score (nSPS) is 13.6. The molecule has 0 N–H and O–H groups in total. The summed E-state index contributed by atoms with van der Waals surface area (Å²) in [6.45, 7) is 0. The van der Waals surface area contributed by atoms with Gasteiger partial charge < -0.3 is 4.74 Å². The van der Waals surface area contributed by atoms with E-state index in [0.29, 0.717) is 0 Å². The first-order valence-corrected chi connectivity index (χ1v) is 5.89. The smallest absolute Gasteiger partial charge is 0.102 e. The second-order valence-electron chi connectivity index (χ2n) is 4.08. The molecule has 0 saturated heterocycles. The number of ether oxygens (including phenoxy) is 1. The molecule has 0 bridgehead atoms. The molecular weight excluding hydrogens is 222 g/mol. The molecule has 2 atom stereocenters. The fourth-order valence-corrected chi connectivity index (χ4v) is 2.08. The molecule has 90 valence electrons. The number of hydrogen-bond donors (Lipinski definition) is 0. The second kappa shape index (κ2) is 6.00. The summed E-state index contributed by atoms with van der Waals surface area (Å²) < 4.78 is 5.52. The number of rotatable bonds is 4. The summed E-state index contributed by atoms with van der Waals surface area (Å²) in [5, 5.41) is 9.41. The summed E-state index contributed by atoms with van der Waals surface area (Å²) in [5.41, 5.74) is 2.01. The Labute approximate surface area is 107 Å². The number of nitriles is 1. The van der Waals surface area contributed by atoms with E-state index in [0.717, 1.165) is 11.1 Å². The molecule has 2 aromatic carbocycles. The molecule has 0 amide bonds. The van der Waals surface area contributed by atoms with Crippen molar-refractivity contribution in [2.75, 3.05) is 7.11 Å². The van der Waals surface area contributed by atoms with Crippen LogP contribution < -0.4 is 0 Å². The molecule has 2 rings (SSSR count). The van der Waals surface area contributed by atoms with Crippen molar-refractivity contribution >= 4 is 0 Å². The van der Waals surface area contributed by atoms with E-state index >= 15 is 0 Å². The third-order valence-corrected chi connectivity index (χ3v) is 2.98. The third kappa shape index (κ3) is 2.58. The minimum absolute atomic E-state index is 0.237. The van der Waals surface area contributed by atoms with Crippen LogP contribution in [0.3, 0.4) is 0 Å². The molecule has 2 unspecified atom stereocenters. The minimum atomic E-state index is -0.293. The zero-order valence-electron chi connectivity index (χ0n) is 10.3. The first kappa shape index (κ1) is 12.3. The van der Waals surface area contributed by atoms with E-state index < -0.39 is 0 Å². The quantitative estimate of drug-likeness (QED) is 0.812. The summed E-state index contributed by atoms with van der Waals surface area (Å²) in [5.74, 6) is -0.293. The van der Waals surface area contributed by atoms with Gasteiger partial charge in [0.2, 0.25) is 0 Å². The van der Waals surface area contributed by atoms with Crippen LogP contribution in [0.25, 0.3) is 0 Å². The Morgan fingerprint density at radius 3 is 1.83 bits per heavy atom. The summed E-state index contributed by atoms with van der Waals surface area (Å²) >= 11 is 0. The van der Waals surface area contributed by atoms with Crippen molar-refractivity contribution in [3.8, 4) is 6.07 Å². The van der Waals surface area contributed by atoms with Crippen molar-refractivity contribution < 1.29 is 4.74 Å². The first-order chi connectivity index (χ1) is 8.86. The van der Waals surface area contributed by atoms with Crippen LogP contribution in [-0.2, 0) is 4.74 Å². The average Bonchev–Trinajstić information content (AvgIpc) is 2.46. The molecule has 0 aromatic heterocycles. The largest absolute Gasteiger partial charge is 0.375 e. The molecule has 0 heterocycles. The van der Waals surface area contributed by atoms with Crippen molar-refractivity contribution in [2.24, 2.45) is 0 Å². The molecule has 0 aliphatic rings. The van der Waals surface area contributed by atoms with Gasteiger partial charge in [0.1, 0.15) is 12.0 Å². The van der Waals surface area contributed by atoms with Crippen LogP contribution in [0.15, 0.2) is 60.7 Å². The molecule has 0 saturated carbocycles. The fourth-order valence-electron chi connectivity index (χ4n) is 2.08. The highest BCUT2D eigenvalue weighted by atomic mass is 16.5. The maximum atomic E-state index is 9.41. The van der Waals surface area contributed by atoms with Gasteiger partial charge in [-0.05, 0) is 11.1 Å². The van der Waals surface area contributed by atoms with Gasteiger partial charge in [0, 0.05) is 7.11 Å². The molecule has 18 heavy (non-hydrogen) atoms. The van der Waals surface area contributed by atoms with Crippen molar-refractivity contribution in [3.05, 3.63) is 71.8 Å². The number of nitrogens with zero attached hydrogens (tertiary/aromatic N) is 1. The SMILES string of the molecule is COC(c1ccccc1)C(C#N)c1ccccc1. The topological polar surface area (TPSA) is 33.0 Å². The van der Waals surface area contributed by atoms with Gasteiger partial charge in [-0.3, -0.25) is 0 Å². The van der Waals surface area contributed by atoms with Gasteiger partial charge in [-0.25, -0.2) is 0 Å². The lowest BCUT2D eigenvalue weighted by atomic mass is 9.90. The van der Waals surface area contributed by atoms with Gasteiger partial charge in [0.15, 0.2) is 0 Å². The van der Waals surface area contributed by atoms with Crippen LogP contribution in [0.4, 0.5) is 0 Å². The van der Waals surface area contributed by atoms with Crippen molar-refractivity contribution in [1.29, 1.82) is 5.26 Å². The van der Waals surface area contributed by atoms with Gasteiger partial charge >= 0.3 is 0 Å². The molecule has 0 fully saturated rings. The van der Waals surface area contributed by atoms with E-state index in [1.54, 1.807) is 7.11 Å². The van der Waals surface area contributed by atoms with Gasteiger partial charge in [-0.2, -0.15) is 5.26 Å². The highest BCUT2D eigenvalue weighted by Crippen LogP contribution is 2.32. The van der Waals surface area contributed by atoms with Crippen LogP contribution in [0.2, 0.25) is 0 Å². The Balaban J connectivity index is 2.35. The van der Waals surface area contributed by atoms with E-state index in [9.17, 15) is 5.26 Å². The summed E-state index contributed by atoms with van der Waals surface area (Å²) in [6, 6.07) is 21.9. The Morgan fingerprint density at radius 1 is 0.889 bits per heavy atom. The molecule has 0 radical (unpaired) electrons. The van der Waals surface area contributed by atoms with Crippen molar-refractivity contribution in [1.82, 2.24) is 0 Å². The monoisotopic (exact) mass is 237 g/mol. The van der Waals surface area contributed by atoms with Crippen LogP contribution in [-0.4, -0.2) is 7.11 Å². The standard InChI is InChI=1S/C16H15NO/c1-18-16(14-10-6-3-7-11-14)15(12-17)13-8-4-2-5-9-13/h2-11,15-16H,1H3. The Kier molecular flexibility index (Phi) is 4.11. The van der Waals surface area contributed by atoms with Crippen molar-refractivity contribution in [2.45, 2.75) is 12.0 Å². The van der Waals surface area contributed by atoms with Crippen molar-refractivity contribution in [3.63, 3.8) is 0 Å². The van der Waals surface area contributed by atoms with E-state index in [1.165, 1.54) is 0 Å². The highest BCUT2D eigenvalue weighted by molar-refractivity contribution is 5.31. The van der Waals surface area contributed by atoms with Gasteiger partial charge in [0.05, 0.1) is 6.07 Å². The van der Waals surface area contributed by atoms with Crippen LogP contribution >= 0.6 is 0 Å². The number of benzene rings is 2. The lowest BCUT2D eigenvalue weighted by molar-refractivity contribution is 0.0929. The summed E-state index contributed by atoms with van der Waals surface area (Å²) in [7, 11) is 1.64. The maximum Gasteiger partial charge on any atom is 0.102 e. The zero-order chi connectivity index (χ0) is 12.8. The predicted molar refractivity (Wildman–Crippen MR) is 71.0 cm³/mol. The molecule has 0 aliphatic heterocycles. The van der Waals surface area contributed by atoms with Gasteiger partial charge in [0.25, 0.3) is 0 Å². The van der Waals surface area contributed by atoms with E-state index in [1.807, 2.05) is 60.7 Å². The van der Waals surface area contributed by atoms with E-state index in [4.69, 9.17) is 4.74 Å². The molecular formula is C16H15NO. The van der Waals surface area contributed by atoms with E-state index in [2.05, 4.69) is 6.07 Å². The third-order valence-electron chi connectivity index (χ3n) is 2.98. The summed E-state index contributed by atoms with van der Waals surface area (Å²) in [6.07, 6.45) is -0.237. The van der Waals surface area contributed by atoms with Crippen LogP contribution in [0.5, 0.6) is 0 Å². The van der Waals surface area contributed by atoms with E-state index in [-0.39, 0.29) is 12.0 Å². The number of hydrogen-bond acceptors (Lipinski definition) is 2. The fraction of sp³-hybridized carbons (Fsp3) is 0.188. The lowest BCUT2D eigenvalue weighted by Gasteiger charge is -2.21. The molecule has 2 aromatic rings. The van der Waals surface area contributed by atoms with Crippen LogP contribution in [0, 0.1) is 11.3 Å². The zero-order valence-corrected chi connectivity index (χ0v) is 10.3. The summed E-state index contributed by atoms with van der Waals surface area (Å²) in [4.78, 5) is 0. The highest BCUT2D eigenvalue weighted by Gasteiger charge is 2.24. The molecule has 2 heteroatoms.